The number of carbonyl (C=O) groups is 1. The van der Waals surface area contributed by atoms with Crippen molar-refractivity contribution in [3.63, 3.8) is 0 Å². The van der Waals surface area contributed by atoms with Gasteiger partial charge in [-0.3, -0.25) is 9.59 Å². The van der Waals surface area contributed by atoms with Crippen LogP contribution in [0.5, 0.6) is 0 Å². The maximum absolute atomic E-state index is 11.3. The fraction of sp³-hybridized carbons (Fsp3) is 0.333. The van der Waals surface area contributed by atoms with E-state index in [1.807, 2.05) is 17.7 Å². The normalized spacial score (nSPS) is 12.2. The lowest BCUT2D eigenvalue weighted by Crippen LogP contribution is -2.19. The summed E-state index contributed by atoms with van der Waals surface area (Å²) in [6.45, 7) is 2.63. The average Bonchev–Trinajstić information content (AvgIpc) is 2.89. The summed E-state index contributed by atoms with van der Waals surface area (Å²) in [6.07, 6.45) is 6.88. The van der Waals surface area contributed by atoms with Gasteiger partial charge >= 0.3 is 5.97 Å². The molecule has 0 fully saturated rings. The Bertz CT molecular complexity index is 638. The third-order valence-electron chi connectivity index (χ3n) is 2.64. The molecule has 0 aliphatic carbocycles. The summed E-state index contributed by atoms with van der Waals surface area (Å²) >= 11 is 1.04. The van der Waals surface area contributed by atoms with Crippen LogP contribution in [0.1, 0.15) is 13.0 Å². The van der Waals surface area contributed by atoms with Gasteiger partial charge in [0, 0.05) is 31.2 Å². The minimum Gasteiger partial charge on any atom is -0.481 e. The lowest BCUT2D eigenvalue weighted by Gasteiger charge is -2.19. The van der Waals surface area contributed by atoms with Gasteiger partial charge in [-0.2, -0.15) is 4.98 Å². The SMILES string of the molecule is CC(Cn1ccnc1)n1ccc(=O)nc1SCC(=O)O. The number of hydrogen-bond donors (Lipinski definition) is 1. The zero-order valence-corrected chi connectivity index (χ0v) is 11.7. The first-order valence-corrected chi connectivity index (χ1v) is 6.94. The van der Waals surface area contributed by atoms with Crippen LogP contribution in [-0.2, 0) is 11.3 Å². The van der Waals surface area contributed by atoms with Crippen molar-refractivity contribution in [1.82, 2.24) is 19.1 Å². The molecule has 2 rings (SSSR count). The second-order valence-corrected chi connectivity index (χ2v) is 5.19. The quantitative estimate of drug-likeness (QED) is 0.628. The maximum atomic E-state index is 11.3. The van der Waals surface area contributed by atoms with E-state index in [1.54, 1.807) is 23.3 Å². The summed E-state index contributed by atoms with van der Waals surface area (Å²) in [7, 11) is 0. The van der Waals surface area contributed by atoms with Crippen LogP contribution in [0.15, 0.2) is 40.9 Å². The molecule has 2 aromatic rings. The van der Waals surface area contributed by atoms with Crippen molar-refractivity contribution in [3.8, 4) is 0 Å². The highest BCUT2D eigenvalue weighted by Gasteiger charge is 2.12. The summed E-state index contributed by atoms with van der Waals surface area (Å²) in [5.74, 6) is -1.07. The van der Waals surface area contributed by atoms with Gasteiger partial charge in [0.15, 0.2) is 5.16 Å². The number of carboxylic acids is 1. The number of rotatable bonds is 6. The highest BCUT2D eigenvalue weighted by atomic mass is 32.2. The van der Waals surface area contributed by atoms with Crippen LogP contribution in [0.25, 0.3) is 0 Å². The van der Waals surface area contributed by atoms with E-state index >= 15 is 0 Å². The maximum Gasteiger partial charge on any atom is 0.313 e. The fourth-order valence-corrected chi connectivity index (χ4v) is 2.55. The molecule has 7 nitrogen and oxygen atoms in total. The zero-order chi connectivity index (χ0) is 14.5. The van der Waals surface area contributed by atoms with Crippen LogP contribution < -0.4 is 5.56 Å². The van der Waals surface area contributed by atoms with Gasteiger partial charge in [-0.1, -0.05) is 11.8 Å². The van der Waals surface area contributed by atoms with Crippen molar-refractivity contribution in [2.24, 2.45) is 0 Å². The lowest BCUT2D eigenvalue weighted by atomic mass is 10.3. The van der Waals surface area contributed by atoms with Crippen molar-refractivity contribution >= 4 is 17.7 Å². The summed E-state index contributed by atoms with van der Waals surface area (Å²) in [4.78, 5) is 29.8. The Labute approximate surface area is 119 Å². The summed E-state index contributed by atoms with van der Waals surface area (Å²) in [5.41, 5.74) is -0.371. The van der Waals surface area contributed by atoms with Crippen LogP contribution >= 0.6 is 11.8 Å². The fourth-order valence-electron chi connectivity index (χ4n) is 1.75. The molecule has 1 unspecified atom stereocenters. The van der Waals surface area contributed by atoms with E-state index in [1.165, 1.54) is 6.07 Å². The number of carboxylic acid groups (broad SMARTS) is 1. The van der Waals surface area contributed by atoms with Crippen molar-refractivity contribution in [3.05, 3.63) is 41.3 Å². The van der Waals surface area contributed by atoms with Gasteiger partial charge in [0.25, 0.3) is 5.56 Å². The molecular weight excluding hydrogens is 280 g/mol. The smallest absolute Gasteiger partial charge is 0.313 e. The number of nitrogens with zero attached hydrogens (tertiary/aromatic N) is 4. The van der Waals surface area contributed by atoms with Crippen LogP contribution in [0, 0.1) is 0 Å². The van der Waals surface area contributed by atoms with Crippen molar-refractivity contribution in [1.29, 1.82) is 0 Å². The number of hydrogen-bond acceptors (Lipinski definition) is 5. The molecule has 2 heterocycles. The van der Waals surface area contributed by atoms with E-state index in [-0.39, 0.29) is 17.4 Å². The molecule has 1 atom stereocenters. The average molecular weight is 294 g/mol. The Kier molecular flexibility index (Phi) is 4.57. The van der Waals surface area contributed by atoms with Gasteiger partial charge in [-0.05, 0) is 6.92 Å². The first-order chi connectivity index (χ1) is 9.56. The molecule has 0 aliphatic rings. The minimum atomic E-state index is -0.943. The van der Waals surface area contributed by atoms with E-state index < -0.39 is 5.97 Å². The van der Waals surface area contributed by atoms with Gasteiger partial charge in [0.05, 0.1) is 18.1 Å². The highest BCUT2D eigenvalue weighted by Crippen LogP contribution is 2.19. The summed E-state index contributed by atoms with van der Waals surface area (Å²) < 4.78 is 3.71. The standard InChI is InChI=1S/C12H14N4O3S/c1-9(6-15-5-3-13-8-15)16-4-2-10(17)14-12(16)20-7-11(18)19/h2-5,8-9H,6-7H2,1H3,(H,18,19). The molecular formula is C12H14N4O3S. The second-order valence-electron chi connectivity index (χ2n) is 4.25. The van der Waals surface area contributed by atoms with E-state index in [0.29, 0.717) is 11.7 Å². The Balaban J connectivity index is 2.20. The van der Waals surface area contributed by atoms with E-state index in [0.717, 1.165) is 11.8 Å². The first-order valence-electron chi connectivity index (χ1n) is 5.96. The Hall–Kier alpha value is -2.09. The van der Waals surface area contributed by atoms with E-state index in [4.69, 9.17) is 5.11 Å². The molecule has 0 spiro atoms. The van der Waals surface area contributed by atoms with Crippen molar-refractivity contribution < 1.29 is 9.90 Å². The molecule has 0 bridgehead atoms. The van der Waals surface area contributed by atoms with Gasteiger partial charge in [0.2, 0.25) is 0 Å². The summed E-state index contributed by atoms with van der Waals surface area (Å²) in [6, 6.07) is 1.39. The number of imidazole rings is 1. The number of thioether (sulfide) groups is 1. The molecule has 20 heavy (non-hydrogen) atoms. The number of aliphatic carboxylic acids is 1. The Morgan fingerprint density at radius 2 is 2.30 bits per heavy atom. The lowest BCUT2D eigenvalue weighted by molar-refractivity contribution is -0.133. The van der Waals surface area contributed by atoms with Crippen LogP contribution in [0.2, 0.25) is 0 Å². The predicted octanol–water partition coefficient (Wildman–Crippen LogP) is 0.878. The molecule has 0 amide bonds. The molecule has 0 saturated carbocycles. The molecule has 2 aromatic heterocycles. The Morgan fingerprint density at radius 3 is 2.95 bits per heavy atom. The van der Waals surface area contributed by atoms with Crippen LogP contribution in [0.3, 0.4) is 0 Å². The Morgan fingerprint density at radius 1 is 1.50 bits per heavy atom. The van der Waals surface area contributed by atoms with Gasteiger partial charge in [0.1, 0.15) is 0 Å². The second kappa shape index (κ2) is 6.38. The van der Waals surface area contributed by atoms with Crippen molar-refractivity contribution in [2.45, 2.75) is 24.7 Å². The largest absolute Gasteiger partial charge is 0.481 e. The molecule has 1 N–H and O–H groups in total. The first kappa shape index (κ1) is 14.3. The molecule has 0 aromatic carbocycles. The van der Waals surface area contributed by atoms with Crippen LogP contribution in [0.4, 0.5) is 0 Å². The van der Waals surface area contributed by atoms with Gasteiger partial charge in [-0.25, -0.2) is 4.98 Å². The topological polar surface area (TPSA) is 90.0 Å². The van der Waals surface area contributed by atoms with Crippen molar-refractivity contribution in [2.75, 3.05) is 5.75 Å². The monoisotopic (exact) mass is 294 g/mol. The van der Waals surface area contributed by atoms with Gasteiger partial charge < -0.3 is 14.2 Å². The third-order valence-corrected chi connectivity index (χ3v) is 3.59. The van der Waals surface area contributed by atoms with Crippen LogP contribution in [-0.4, -0.2) is 35.9 Å². The van der Waals surface area contributed by atoms with E-state index in [9.17, 15) is 9.59 Å². The molecule has 106 valence electrons. The van der Waals surface area contributed by atoms with E-state index in [2.05, 4.69) is 9.97 Å². The van der Waals surface area contributed by atoms with Gasteiger partial charge in [-0.15, -0.1) is 0 Å². The molecule has 8 heteroatoms. The molecule has 0 radical (unpaired) electrons. The third kappa shape index (κ3) is 3.70. The predicted molar refractivity (Wildman–Crippen MR) is 73.8 cm³/mol. The molecule has 0 saturated heterocycles. The zero-order valence-electron chi connectivity index (χ0n) is 10.8. The highest BCUT2D eigenvalue weighted by molar-refractivity contribution is 7.99. The molecule has 0 aliphatic heterocycles. The number of aromatic nitrogens is 4. The minimum absolute atomic E-state index is 0.0218. The summed E-state index contributed by atoms with van der Waals surface area (Å²) in [5, 5.41) is 9.14.